The molecule has 2 aromatic carbocycles. The molecule has 0 aromatic heterocycles. The van der Waals surface area contributed by atoms with Gasteiger partial charge in [0.15, 0.2) is 0 Å². The van der Waals surface area contributed by atoms with Gasteiger partial charge < -0.3 is 10.8 Å². The Morgan fingerprint density at radius 2 is 1.75 bits per heavy atom. The first-order chi connectivity index (χ1) is 9.36. The summed E-state index contributed by atoms with van der Waals surface area (Å²) in [6, 6.07) is 10.4. The number of rotatable bonds is 1. The molecule has 0 heterocycles. The van der Waals surface area contributed by atoms with Gasteiger partial charge in [0.25, 0.3) is 0 Å². The highest BCUT2D eigenvalue weighted by Crippen LogP contribution is 2.43. The minimum absolute atomic E-state index is 0.0623. The lowest BCUT2D eigenvalue weighted by molar-refractivity contribution is -0.138. The van der Waals surface area contributed by atoms with Gasteiger partial charge in [-0.05, 0) is 11.6 Å². The van der Waals surface area contributed by atoms with Crippen molar-refractivity contribution in [3.05, 3.63) is 47.5 Å². The third-order valence-electron chi connectivity index (χ3n) is 2.84. The number of hydrogen-bond donors (Lipinski definition) is 2. The van der Waals surface area contributed by atoms with E-state index in [1.807, 2.05) is 0 Å². The summed E-state index contributed by atoms with van der Waals surface area (Å²) >= 11 is 0. The van der Waals surface area contributed by atoms with Crippen molar-refractivity contribution in [1.82, 2.24) is 0 Å². The number of anilines is 1. The lowest BCUT2D eigenvalue weighted by Gasteiger charge is -2.15. The first-order valence-electron chi connectivity index (χ1n) is 5.54. The Morgan fingerprint density at radius 3 is 2.25 bits per heavy atom. The van der Waals surface area contributed by atoms with Gasteiger partial charge in [0.1, 0.15) is 17.4 Å². The number of nitrogen functional groups attached to an aromatic ring is 1. The molecular weight excluding hydrogens is 269 g/mol. The number of aromatic hydroxyl groups is 1. The fourth-order valence-corrected chi connectivity index (χ4v) is 1.87. The molecule has 0 atom stereocenters. The van der Waals surface area contributed by atoms with Gasteiger partial charge >= 0.3 is 6.18 Å². The molecule has 0 radical (unpaired) electrons. The van der Waals surface area contributed by atoms with Crippen LogP contribution in [0.15, 0.2) is 36.4 Å². The Morgan fingerprint density at radius 1 is 1.15 bits per heavy atom. The Hall–Kier alpha value is -2.68. The SMILES string of the molecule is N#Cc1c(N)c(-c2ccccc2)cc(C(F)(F)F)c1O. The summed E-state index contributed by atoms with van der Waals surface area (Å²) in [5, 5.41) is 18.5. The van der Waals surface area contributed by atoms with Crippen molar-refractivity contribution in [2.24, 2.45) is 0 Å². The number of nitriles is 1. The first kappa shape index (κ1) is 13.7. The van der Waals surface area contributed by atoms with Crippen molar-refractivity contribution in [1.29, 1.82) is 5.26 Å². The molecular formula is C14H9F3N2O. The van der Waals surface area contributed by atoms with Crippen molar-refractivity contribution in [2.45, 2.75) is 6.18 Å². The highest BCUT2D eigenvalue weighted by atomic mass is 19.4. The smallest absolute Gasteiger partial charge is 0.420 e. The molecule has 20 heavy (non-hydrogen) atoms. The van der Waals surface area contributed by atoms with E-state index in [1.54, 1.807) is 30.3 Å². The lowest BCUT2D eigenvalue weighted by Crippen LogP contribution is -2.08. The standard InChI is InChI=1S/C14H9F3N2O/c15-14(16,17)11-6-9(8-4-2-1-3-5-8)12(19)10(7-18)13(11)20/h1-6,20H,19H2. The molecule has 2 rings (SSSR count). The summed E-state index contributed by atoms with van der Waals surface area (Å²) in [6.07, 6.45) is -4.77. The quantitative estimate of drug-likeness (QED) is 0.784. The van der Waals surface area contributed by atoms with E-state index in [2.05, 4.69) is 0 Å². The molecule has 0 aliphatic rings. The largest absolute Gasteiger partial charge is 0.506 e. The van der Waals surface area contributed by atoms with Crippen LogP contribution in [0, 0.1) is 11.3 Å². The van der Waals surface area contributed by atoms with E-state index in [1.165, 1.54) is 6.07 Å². The van der Waals surface area contributed by atoms with Crippen molar-refractivity contribution in [2.75, 3.05) is 5.73 Å². The highest BCUT2D eigenvalue weighted by molar-refractivity contribution is 5.83. The van der Waals surface area contributed by atoms with Gasteiger partial charge in [0, 0.05) is 5.56 Å². The second-order valence-corrected chi connectivity index (χ2v) is 4.08. The van der Waals surface area contributed by atoms with E-state index in [9.17, 15) is 18.3 Å². The Kier molecular flexibility index (Phi) is 3.28. The van der Waals surface area contributed by atoms with Crippen LogP contribution in [0.4, 0.5) is 18.9 Å². The number of phenols is 1. The van der Waals surface area contributed by atoms with Crippen LogP contribution in [0.5, 0.6) is 5.75 Å². The predicted molar refractivity (Wildman–Crippen MR) is 67.7 cm³/mol. The zero-order valence-electron chi connectivity index (χ0n) is 10.1. The van der Waals surface area contributed by atoms with E-state index in [0.717, 1.165) is 6.07 Å². The summed E-state index contributed by atoms with van der Waals surface area (Å²) < 4.78 is 38.6. The molecule has 3 N–H and O–H groups in total. The van der Waals surface area contributed by atoms with Gasteiger partial charge in [-0.3, -0.25) is 0 Å². The van der Waals surface area contributed by atoms with E-state index in [0.29, 0.717) is 5.56 Å². The monoisotopic (exact) mass is 278 g/mol. The molecule has 0 aliphatic carbocycles. The maximum Gasteiger partial charge on any atom is 0.420 e. The van der Waals surface area contributed by atoms with Crippen molar-refractivity contribution >= 4 is 5.69 Å². The third kappa shape index (κ3) is 2.26. The van der Waals surface area contributed by atoms with Crippen LogP contribution >= 0.6 is 0 Å². The minimum Gasteiger partial charge on any atom is -0.506 e. The first-order valence-corrected chi connectivity index (χ1v) is 5.54. The Labute approximate surface area is 112 Å². The van der Waals surface area contributed by atoms with Crippen LogP contribution in [0.2, 0.25) is 0 Å². The summed E-state index contributed by atoms with van der Waals surface area (Å²) in [5.74, 6) is -1.14. The topological polar surface area (TPSA) is 70.0 Å². The predicted octanol–water partition coefficient (Wildman–Crippen LogP) is 3.53. The average molecular weight is 278 g/mol. The van der Waals surface area contributed by atoms with E-state index < -0.39 is 23.1 Å². The van der Waals surface area contributed by atoms with Gasteiger partial charge in [0.2, 0.25) is 0 Å². The number of phenolic OH excluding ortho intramolecular Hbond substituents is 1. The molecule has 0 amide bonds. The van der Waals surface area contributed by atoms with Crippen LogP contribution < -0.4 is 5.73 Å². The molecule has 102 valence electrons. The average Bonchev–Trinajstić information content (AvgIpc) is 2.39. The molecule has 0 unspecified atom stereocenters. The van der Waals surface area contributed by atoms with Crippen molar-refractivity contribution < 1.29 is 18.3 Å². The van der Waals surface area contributed by atoms with Crippen LogP contribution in [0.3, 0.4) is 0 Å². The highest BCUT2D eigenvalue weighted by Gasteiger charge is 2.36. The van der Waals surface area contributed by atoms with Crippen LogP contribution in [0.25, 0.3) is 11.1 Å². The summed E-state index contributed by atoms with van der Waals surface area (Å²) in [4.78, 5) is 0. The normalized spacial score (nSPS) is 11.1. The summed E-state index contributed by atoms with van der Waals surface area (Å²) in [6.45, 7) is 0. The van der Waals surface area contributed by atoms with Gasteiger partial charge in [0.05, 0.1) is 11.3 Å². The van der Waals surface area contributed by atoms with Crippen LogP contribution in [-0.2, 0) is 6.18 Å². The third-order valence-corrected chi connectivity index (χ3v) is 2.84. The maximum absolute atomic E-state index is 12.9. The zero-order valence-corrected chi connectivity index (χ0v) is 10.1. The van der Waals surface area contributed by atoms with Gasteiger partial charge in [-0.1, -0.05) is 30.3 Å². The lowest BCUT2D eigenvalue weighted by atomic mass is 9.96. The minimum atomic E-state index is -4.77. The molecule has 0 saturated carbocycles. The van der Waals surface area contributed by atoms with Crippen molar-refractivity contribution in [3.63, 3.8) is 0 Å². The number of halogens is 3. The summed E-state index contributed by atoms with van der Waals surface area (Å²) in [5.41, 5.74) is 4.17. The number of benzene rings is 2. The second kappa shape index (κ2) is 4.78. The van der Waals surface area contributed by atoms with Crippen molar-refractivity contribution in [3.8, 4) is 22.9 Å². The Balaban J connectivity index is 2.81. The molecule has 0 bridgehead atoms. The molecule has 6 heteroatoms. The van der Waals surface area contributed by atoms with E-state index in [-0.39, 0.29) is 11.3 Å². The number of alkyl halides is 3. The molecule has 0 aliphatic heterocycles. The number of nitrogens with zero attached hydrogens (tertiary/aromatic N) is 1. The van der Waals surface area contributed by atoms with Gasteiger partial charge in [-0.2, -0.15) is 18.4 Å². The summed E-state index contributed by atoms with van der Waals surface area (Å²) in [7, 11) is 0. The van der Waals surface area contributed by atoms with Crippen LogP contribution in [0.1, 0.15) is 11.1 Å². The second-order valence-electron chi connectivity index (χ2n) is 4.08. The van der Waals surface area contributed by atoms with Crippen LogP contribution in [-0.4, -0.2) is 5.11 Å². The van der Waals surface area contributed by atoms with Gasteiger partial charge in [-0.15, -0.1) is 0 Å². The molecule has 0 spiro atoms. The Bertz CT molecular complexity index is 688. The number of nitrogens with two attached hydrogens (primary N) is 1. The molecule has 0 fully saturated rings. The fourth-order valence-electron chi connectivity index (χ4n) is 1.87. The van der Waals surface area contributed by atoms with E-state index >= 15 is 0 Å². The maximum atomic E-state index is 12.9. The molecule has 0 saturated heterocycles. The molecule has 3 nitrogen and oxygen atoms in total. The fraction of sp³-hybridized carbons (Fsp3) is 0.0714. The number of hydrogen-bond acceptors (Lipinski definition) is 3. The molecule has 2 aromatic rings. The van der Waals surface area contributed by atoms with Gasteiger partial charge in [-0.25, -0.2) is 0 Å². The van der Waals surface area contributed by atoms with E-state index in [4.69, 9.17) is 11.0 Å². The zero-order chi connectivity index (χ0) is 14.9.